The summed E-state index contributed by atoms with van der Waals surface area (Å²) in [6, 6.07) is 7.09. The first-order chi connectivity index (χ1) is 15.0. The SMILES string of the molecule is CC(C)CN(Cc1ccccc1OC(F)F)C[C@H]1CCNC1.O=C(O)[C@H](O)[C@@H](O)C(=O)O. The summed E-state index contributed by atoms with van der Waals surface area (Å²) in [6.07, 6.45) is -3.35. The molecule has 0 radical (unpaired) electrons. The topological polar surface area (TPSA) is 140 Å². The van der Waals surface area contributed by atoms with Crippen molar-refractivity contribution in [1.82, 2.24) is 10.2 Å². The molecule has 0 spiro atoms. The van der Waals surface area contributed by atoms with Crippen LogP contribution in [-0.2, 0) is 16.1 Å². The van der Waals surface area contributed by atoms with E-state index in [2.05, 4.69) is 28.8 Å². The third kappa shape index (κ3) is 10.3. The maximum Gasteiger partial charge on any atom is 0.387 e. The minimum atomic E-state index is -2.78. The van der Waals surface area contributed by atoms with Gasteiger partial charge >= 0.3 is 18.6 Å². The summed E-state index contributed by atoms with van der Waals surface area (Å²) in [4.78, 5) is 21.9. The number of nitrogens with zero attached hydrogens (tertiary/aromatic N) is 1. The monoisotopic (exact) mass is 462 g/mol. The molecule has 11 heteroatoms. The quantitative estimate of drug-likeness (QED) is 0.328. The summed E-state index contributed by atoms with van der Waals surface area (Å²) < 4.78 is 29.7. The van der Waals surface area contributed by atoms with Crippen molar-refractivity contribution in [2.75, 3.05) is 26.2 Å². The number of benzene rings is 1. The van der Waals surface area contributed by atoms with E-state index in [0.717, 1.165) is 31.7 Å². The zero-order valence-electron chi connectivity index (χ0n) is 18.2. The van der Waals surface area contributed by atoms with Crippen molar-refractivity contribution in [2.24, 2.45) is 11.8 Å². The number of carboxylic acids is 2. The number of hydrogen-bond donors (Lipinski definition) is 5. The molecule has 0 aromatic heterocycles. The second kappa shape index (κ2) is 13.9. The Bertz CT molecular complexity index is 697. The highest BCUT2D eigenvalue weighted by molar-refractivity contribution is 5.83. The molecule has 1 aliphatic heterocycles. The van der Waals surface area contributed by atoms with Gasteiger partial charge in [-0.05, 0) is 37.4 Å². The number of aliphatic hydroxyl groups is 2. The van der Waals surface area contributed by atoms with Gasteiger partial charge in [-0.2, -0.15) is 8.78 Å². The predicted octanol–water partition coefficient (Wildman–Crippen LogP) is 1.23. The Balaban J connectivity index is 0.000000433. The predicted molar refractivity (Wildman–Crippen MR) is 111 cm³/mol. The third-order valence-electron chi connectivity index (χ3n) is 4.69. The molecular formula is C21H32F2N2O7. The lowest BCUT2D eigenvalue weighted by atomic mass is 10.1. The fourth-order valence-electron chi connectivity index (χ4n) is 3.31. The molecule has 0 saturated carbocycles. The van der Waals surface area contributed by atoms with E-state index in [1.165, 1.54) is 6.42 Å². The maximum atomic E-state index is 12.5. The molecule has 1 heterocycles. The minimum absolute atomic E-state index is 0.288. The van der Waals surface area contributed by atoms with Crippen molar-refractivity contribution in [3.05, 3.63) is 29.8 Å². The number of alkyl halides is 2. The Morgan fingerprint density at radius 2 is 1.75 bits per heavy atom. The fourth-order valence-corrected chi connectivity index (χ4v) is 3.31. The van der Waals surface area contributed by atoms with Crippen LogP contribution in [0, 0.1) is 11.8 Å². The Labute approximate surface area is 185 Å². The summed E-state index contributed by atoms with van der Waals surface area (Å²) in [7, 11) is 0. The van der Waals surface area contributed by atoms with Crippen molar-refractivity contribution >= 4 is 11.9 Å². The summed E-state index contributed by atoms with van der Waals surface area (Å²) in [5.74, 6) is -2.07. The number of hydrogen-bond acceptors (Lipinski definition) is 7. The molecule has 0 bridgehead atoms. The van der Waals surface area contributed by atoms with Gasteiger partial charge in [0.2, 0.25) is 0 Å². The summed E-state index contributed by atoms with van der Waals surface area (Å²) in [5, 5.41) is 35.9. The van der Waals surface area contributed by atoms with Crippen LogP contribution in [0.25, 0.3) is 0 Å². The van der Waals surface area contributed by atoms with Crippen LogP contribution in [0.1, 0.15) is 25.8 Å². The fraction of sp³-hybridized carbons (Fsp3) is 0.619. The van der Waals surface area contributed by atoms with Crippen molar-refractivity contribution in [3.63, 3.8) is 0 Å². The molecule has 182 valence electrons. The number of aliphatic carboxylic acids is 2. The summed E-state index contributed by atoms with van der Waals surface area (Å²) >= 11 is 0. The van der Waals surface area contributed by atoms with E-state index in [4.69, 9.17) is 20.4 Å². The van der Waals surface area contributed by atoms with E-state index < -0.39 is 30.8 Å². The number of ether oxygens (including phenoxy) is 1. The molecular weight excluding hydrogens is 430 g/mol. The number of para-hydroxylation sites is 1. The van der Waals surface area contributed by atoms with Crippen LogP contribution in [0.2, 0.25) is 0 Å². The number of nitrogens with one attached hydrogen (secondary N) is 1. The lowest BCUT2D eigenvalue weighted by Crippen LogP contribution is -2.39. The number of carboxylic acid groups (broad SMARTS) is 2. The van der Waals surface area contributed by atoms with Crippen LogP contribution >= 0.6 is 0 Å². The van der Waals surface area contributed by atoms with Gasteiger partial charge in [-0.3, -0.25) is 4.90 Å². The average molecular weight is 462 g/mol. The number of rotatable bonds is 11. The molecule has 0 aliphatic carbocycles. The largest absolute Gasteiger partial charge is 0.479 e. The van der Waals surface area contributed by atoms with E-state index in [9.17, 15) is 18.4 Å². The Kier molecular flexibility index (Phi) is 12.1. The third-order valence-corrected chi connectivity index (χ3v) is 4.69. The van der Waals surface area contributed by atoms with E-state index in [1.807, 2.05) is 12.1 Å². The lowest BCUT2D eigenvalue weighted by Gasteiger charge is -2.27. The van der Waals surface area contributed by atoms with Crippen molar-refractivity contribution < 1.29 is 43.5 Å². The molecule has 3 atom stereocenters. The van der Waals surface area contributed by atoms with E-state index in [1.54, 1.807) is 12.1 Å². The van der Waals surface area contributed by atoms with E-state index >= 15 is 0 Å². The molecule has 2 rings (SSSR count). The minimum Gasteiger partial charge on any atom is -0.479 e. The maximum absolute atomic E-state index is 12.5. The van der Waals surface area contributed by atoms with Crippen LogP contribution < -0.4 is 10.1 Å². The van der Waals surface area contributed by atoms with Gasteiger partial charge in [0, 0.05) is 25.2 Å². The van der Waals surface area contributed by atoms with Crippen LogP contribution in [0.15, 0.2) is 24.3 Å². The first-order valence-electron chi connectivity index (χ1n) is 10.3. The van der Waals surface area contributed by atoms with Crippen LogP contribution in [-0.4, -0.2) is 82.3 Å². The first kappa shape index (κ1) is 27.7. The molecule has 1 aliphatic rings. The van der Waals surface area contributed by atoms with Crippen molar-refractivity contribution in [3.8, 4) is 5.75 Å². The van der Waals surface area contributed by atoms with Crippen LogP contribution in [0.5, 0.6) is 5.75 Å². The van der Waals surface area contributed by atoms with Gasteiger partial charge in [-0.25, -0.2) is 9.59 Å². The highest BCUT2D eigenvalue weighted by atomic mass is 19.3. The Morgan fingerprint density at radius 3 is 2.22 bits per heavy atom. The highest BCUT2D eigenvalue weighted by Gasteiger charge is 2.29. The first-order valence-corrected chi connectivity index (χ1v) is 10.3. The molecule has 32 heavy (non-hydrogen) atoms. The number of halogens is 2. The van der Waals surface area contributed by atoms with Gasteiger partial charge in [0.05, 0.1) is 0 Å². The zero-order valence-corrected chi connectivity index (χ0v) is 18.2. The second-order valence-corrected chi connectivity index (χ2v) is 8.00. The average Bonchev–Trinajstić information content (AvgIpc) is 3.20. The van der Waals surface area contributed by atoms with Crippen LogP contribution in [0.3, 0.4) is 0 Å². The van der Waals surface area contributed by atoms with Crippen molar-refractivity contribution in [2.45, 2.75) is 45.6 Å². The van der Waals surface area contributed by atoms with E-state index in [-0.39, 0.29) is 5.75 Å². The molecule has 1 saturated heterocycles. The zero-order chi connectivity index (χ0) is 24.3. The lowest BCUT2D eigenvalue weighted by molar-refractivity contribution is -0.165. The van der Waals surface area contributed by atoms with Crippen LogP contribution in [0.4, 0.5) is 8.78 Å². The molecule has 1 aromatic rings. The Morgan fingerprint density at radius 1 is 1.16 bits per heavy atom. The van der Waals surface area contributed by atoms with E-state index in [0.29, 0.717) is 18.4 Å². The highest BCUT2D eigenvalue weighted by Crippen LogP contribution is 2.23. The smallest absolute Gasteiger partial charge is 0.387 e. The normalized spacial score (nSPS) is 17.7. The van der Waals surface area contributed by atoms with Crippen molar-refractivity contribution in [1.29, 1.82) is 0 Å². The second-order valence-electron chi connectivity index (χ2n) is 8.00. The van der Waals surface area contributed by atoms with Gasteiger partial charge in [0.1, 0.15) is 5.75 Å². The number of carbonyl (C=O) groups is 2. The van der Waals surface area contributed by atoms with Gasteiger partial charge in [-0.1, -0.05) is 32.0 Å². The number of aliphatic hydroxyl groups excluding tert-OH is 2. The molecule has 9 nitrogen and oxygen atoms in total. The Hall–Kier alpha value is -2.34. The molecule has 1 aromatic carbocycles. The van der Waals surface area contributed by atoms with Gasteiger partial charge in [0.15, 0.2) is 12.2 Å². The molecule has 5 N–H and O–H groups in total. The molecule has 0 unspecified atom stereocenters. The van der Waals surface area contributed by atoms with Gasteiger partial charge in [0.25, 0.3) is 0 Å². The van der Waals surface area contributed by atoms with Gasteiger partial charge in [-0.15, -0.1) is 0 Å². The standard InChI is InChI=1S/C17H26F2N2O.C4H6O6/c1-13(2)10-21(11-14-7-8-20-9-14)12-15-5-3-4-6-16(15)22-17(18)19;5-1(3(7)8)2(6)4(9)10/h3-6,13-14,17,20H,7-12H2,1-2H3;1-2,5-6H,(H,7,8)(H,9,10)/t14-;1-,2-/m01/s1. The summed E-state index contributed by atoms with van der Waals surface area (Å²) in [5.41, 5.74) is 0.828. The molecule has 1 fully saturated rings. The molecule has 0 amide bonds. The van der Waals surface area contributed by atoms with Gasteiger partial charge < -0.3 is 30.5 Å². The summed E-state index contributed by atoms with van der Waals surface area (Å²) in [6.45, 7) is 6.31.